The molecule has 0 saturated carbocycles. The predicted molar refractivity (Wildman–Crippen MR) is 77.4 cm³/mol. The Morgan fingerprint density at radius 1 is 1.21 bits per heavy atom. The summed E-state index contributed by atoms with van der Waals surface area (Å²) in [7, 11) is 3.84. The van der Waals surface area contributed by atoms with Crippen molar-refractivity contribution < 1.29 is 4.74 Å². The fourth-order valence-corrected chi connectivity index (χ4v) is 1.74. The van der Waals surface area contributed by atoms with Crippen LogP contribution in [0.1, 0.15) is 6.92 Å². The van der Waals surface area contributed by atoms with Gasteiger partial charge in [-0.15, -0.1) is 0 Å². The molecule has 0 amide bonds. The van der Waals surface area contributed by atoms with Crippen LogP contribution >= 0.6 is 0 Å². The van der Waals surface area contributed by atoms with E-state index in [-0.39, 0.29) is 5.95 Å². The van der Waals surface area contributed by atoms with Crippen LogP contribution in [-0.4, -0.2) is 30.7 Å². The molecule has 0 aliphatic carbocycles. The average Bonchev–Trinajstić information content (AvgIpc) is 2.38. The normalized spacial score (nSPS) is 10.3. The maximum absolute atomic E-state index is 5.75. The summed E-state index contributed by atoms with van der Waals surface area (Å²) in [6, 6.07) is 9.69. The van der Waals surface area contributed by atoms with Crippen LogP contribution in [0, 0.1) is 0 Å². The number of nitrogens with zero attached hydrogens (tertiary/aromatic N) is 3. The molecule has 0 atom stereocenters. The molecule has 0 radical (unpaired) electrons. The monoisotopic (exact) mass is 258 g/mol. The number of hydrogen-bond donors (Lipinski definition) is 1. The average molecular weight is 258 g/mol. The first-order chi connectivity index (χ1) is 9.10. The Balaban J connectivity index is 2.43. The second kappa shape index (κ2) is 5.56. The molecular formula is C14H18N4O. The van der Waals surface area contributed by atoms with Gasteiger partial charge >= 0.3 is 0 Å². The van der Waals surface area contributed by atoms with E-state index < -0.39 is 0 Å². The molecule has 0 aliphatic heterocycles. The lowest BCUT2D eigenvalue weighted by Gasteiger charge is -2.13. The molecule has 0 bridgehead atoms. The van der Waals surface area contributed by atoms with Crippen molar-refractivity contribution >= 4 is 11.8 Å². The van der Waals surface area contributed by atoms with Gasteiger partial charge in [-0.1, -0.05) is 12.1 Å². The number of nitrogen functional groups attached to an aromatic ring is 1. The Hall–Kier alpha value is -2.30. The van der Waals surface area contributed by atoms with Crippen LogP contribution in [-0.2, 0) is 0 Å². The van der Waals surface area contributed by atoms with Crippen LogP contribution in [0.25, 0.3) is 11.3 Å². The molecule has 2 aromatic rings. The van der Waals surface area contributed by atoms with Gasteiger partial charge in [0.05, 0.1) is 12.3 Å². The van der Waals surface area contributed by atoms with Crippen molar-refractivity contribution in [3.8, 4) is 17.0 Å². The molecule has 0 unspecified atom stereocenters. The molecule has 2 N–H and O–H groups in total. The third-order valence-electron chi connectivity index (χ3n) is 2.63. The minimum Gasteiger partial charge on any atom is -0.494 e. The number of aromatic nitrogens is 2. The number of nitrogens with two attached hydrogens (primary N) is 1. The fraction of sp³-hybridized carbons (Fsp3) is 0.286. The maximum atomic E-state index is 5.75. The first-order valence-corrected chi connectivity index (χ1v) is 6.15. The van der Waals surface area contributed by atoms with E-state index in [1.54, 1.807) is 0 Å². The minimum atomic E-state index is 0.267. The van der Waals surface area contributed by atoms with Crippen LogP contribution in [0.4, 0.5) is 11.8 Å². The Morgan fingerprint density at radius 2 is 2.00 bits per heavy atom. The lowest BCUT2D eigenvalue weighted by atomic mass is 10.1. The highest BCUT2D eigenvalue weighted by Gasteiger charge is 2.07. The van der Waals surface area contributed by atoms with Crippen LogP contribution in [0.5, 0.6) is 5.75 Å². The largest absolute Gasteiger partial charge is 0.494 e. The number of benzene rings is 1. The smallest absolute Gasteiger partial charge is 0.222 e. The second-order valence-electron chi connectivity index (χ2n) is 4.32. The lowest BCUT2D eigenvalue weighted by molar-refractivity contribution is 0.340. The summed E-state index contributed by atoms with van der Waals surface area (Å²) in [5.74, 6) is 1.87. The zero-order valence-corrected chi connectivity index (χ0v) is 11.4. The predicted octanol–water partition coefficient (Wildman–Crippen LogP) is 2.19. The summed E-state index contributed by atoms with van der Waals surface area (Å²) >= 11 is 0. The third-order valence-corrected chi connectivity index (χ3v) is 2.63. The summed E-state index contributed by atoms with van der Waals surface area (Å²) < 4.78 is 5.49. The van der Waals surface area contributed by atoms with Gasteiger partial charge in [-0.3, -0.25) is 0 Å². The Morgan fingerprint density at radius 3 is 2.68 bits per heavy atom. The molecule has 19 heavy (non-hydrogen) atoms. The van der Waals surface area contributed by atoms with E-state index in [1.165, 1.54) is 0 Å². The first-order valence-electron chi connectivity index (χ1n) is 6.15. The number of anilines is 2. The van der Waals surface area contributed by atoms with Crippen molar-refractivity contribution in [3.05, 3.63) is 30.3 Å². The highest BCUT2D eigenvalue weighted by Crippen LogP contribution is 2.25. The molecule has 2 rings (SSSR count). The zero-order chi connectivity index (χ0) is 13.8. The summed E-state index contributed by atoms with van der Waals surface area (Å²) in [4.78, 5) is 10.3. The topological polar surface area (TPSA) is 64.3 Å². The van der Waals surface area contributed by atoms with Crippen molar-refractivity contribution in [1.82, 2.24) is 9.97 Å². The number of rotatable bonds is 4. The number of hydrogen-bond acceptors (Lipinski definition) is 5. The summed E-state index contributed by atoms with van der Waals surface area (Å²) in [6.07, 6.45) is 0. The maximum Gasteiger partial charge on any atom is 0.222 e. The van der Waals surface area contributed by atoms with Gasteiger partial charge in [0.15, 0.2) is 0 Å². The molecule has 1 aromatic heterocycles. The molecule has 0 saturated heterocycles. The summed E-state index contributed by atoms with van der Waals surface area (Å²) in [6.45, 7) is 2.60. The molecule has 0 aliphatic rings. The molecule has 0 fully saturated rings. The van der Waals surface area contributed by atoms with Crippen LogP contribution < -0.4 is 15.4 Å². The Labute approximate surface area is 113 Å². The molecule has 5 nitrogen and oxygen atoms in total. The summed E-state index contributed by atoms with van der Waals surface area (Å²) in [5, 5.41) is 0. The Bertz CT molecular complexity index is 569. The van der Waals surface area contributed by atoms with Crippen LogP contribution in [0.15, 0.2) is 30.3 Å². The van der Waals surface area contributed by atoms with E-state index in [9.17, 15) is 0 Å². The van der Waals surface area contributed by atoms with E-state index >= 15 is 0 Å². The molecule has 0 spiro atoms. The third kappa shape index (κ3) is 3.13. The minimum absolute atomic E-state index is 0.267. The van der Waals surface area contributed by atoms with Gasteiger partial charge in [0.2, 0.25) is 5.95 Å². The molecule has 1 aromatic carbocycles. The SMILES string of the molecule is CCOc1cccc(-c2cc(N(C)C)nc(N)n2)c1. The van der Waals surface area contributed by atoms with Crippen molar-refractivity contribution in [3.63, 3.8) is 0 Å². The van der Waals surface area contributed by atoms with Crippen molar-refractivity contribution in [2.24, 2.45) is 0 Å². The van der Waals surface area contributed by atoms with Crippen molar-refractivity contribution in [1.29, 1.82) is 0 Å². The quantitative estimate of drug-likeness (QED) is 0.910. The zero-order valence-electron chi connectivity index (χ0n) is 11.4. The second-order valence-corrected chi connectivity index (χ2v) is 4.32. The standard InChI is InChI=1S/C14H18N4O/c1-4-19-11-7-5-6-10(8-11)12-9-13(18(2)3)17-14(15)16-12/h5-9H,4H2,1-3H3,(H2,15,16,17). The lowest BCUT2D eigenvalue weighted by Crippen LogP contribution is -2.12. The van der Waals surface area contributed by atoms with Gasteiger partial charge in [-0.2, -0.15) is 4.98 Å². The van der Waals surface area contributed by atoms with Crippen molar-refractivity contribution in [2.45, 2.75) is 6.92 Å². The van der Waals surface area contributed by atoms with Gasteiger partial charge < -0.3 is 15.4 Å². The van der Waals surface area contributed by atoms with E-state index in [0.717, 1.165) is 22.8 Å². The van der Waals surface area contributed by atoms with Gasteiger partial charge in [0.1, 0.15) is 11.6 Å². The molecule has 1 heterocycles. The highest BCUT2D eigenvalue weighted by molar-refractivity contribution is 5.65. The van der Waals surface area contributed by atoms with E-state index in [2.05, 4.69) is 9.97 Å². The Kier molecular flexibility index (Phi) is 3.85. The van der Waals surface area contributed by atoms with Crippen molar-refractivity contribution in [2.75, 3.05) is 31.3 Å². The van der Waals surface area contributed by atoms with Gasteiger partial charge in [0.25, 0.3) is 0 Å². The number of ether oxygens (including phenoxy) is 1. The van der Waals surface area contributed by atoms with Crippen LogP contribution in [0.3, 0.4) is 0 Å². The molecule has 100 valence electrons. The molecular weight excluding hydrogens is 240 g/mol. The highest BCUT2D eigenvalue weighted by atomic mass is 16.5. The van der Waals surface area contributed by atoms with Crippen LogP contribution in [0.2, 0.25) is 0 Å². The van der Waals surface area contributed by atoms with E-state index in [0.29, 0.717) is 6.61 Å². The first kappa shape index (κ1) is 13.1. The van der Waals surface area contributed by atoms with Gasteiger partial charge in [-0.25, -0.2) is 4.98 Å². The molecule has 5 heteroatoms. The van der Waals surface area contributed by atoms with E-state index in [4.69, 9.17) is 10.5 Å². The van der Waals surface area contributed by atoms with Gasteiger partial charge in [0, 0.05) is 25.7 Å². The summed E-state index contributed by atoms with van der Waals surface area (Å²) in [5.41, 5.74) is 7.50. The van der Waals surface area contributed by atoms with E-state index in [1.807, 2.05) is 56.3 Å². The van der Waals surface area contributed by atoms with Gasteiger partial charge in [-0.05, 0) is 19.1 Å². The fourth-order valence-electron chi connectivity index (χ4n) is 1.74.